The first-order valence-electron chi connectivity index (χ1n) is 11.6. The molecular weight excluding hydrogens is 482 g/mol. The van der Waals surface area contributed by atoms with Crippen LogP contribution in [0.2, 0.25) is 0 Å². The molecule has 0 amide bonds. The van der Waals surface area contributed by atoms with Crippen molar-refractivity contribution in [3.63, 3.8) is 0 Å². The van der Waals surface area contributed by atoms with E-state index in [9.17, 15) is 22.0 Å². The van der Waals surface area contributed by atoms with Crippen molar-refractivity contribution in [3.8, 4) is 22.3 Å². The highest BCUT2D eigenvalue weighted by Gasteiger charge is 2.28. The minimum absolute atomic E-state index is 0.0184. The second kappa shape index (κ2) is 10.9. The van der Waals surface area contributed by atoms with Gasteiger partial charge in [-0.25, -0.2) is 26.3 Å². The molecule has 0 aromatic heterocycles. The van der Waals surface area contributed by atoms with E-state index in [1.807, 2.05) is 19.1 Å². The van der Waals surface area contributed by atoms with Crippen LogP contribution in [0.25, 0.3) is 22.3 Å². The van der Waals surface area contributed by atoms with Gasteiger partial charge in [0.15, 0.2) is 41.2 Å². The van der Waals surface area contributed by atoms with E-state index in [1.54, 1.807) is 6.92 Å². The van der Waals surface area contributed by atoms with Crippen LogP contribution in [0, 0.1) is 40.8 Å². The summed E-state index contributed by atoms with van der Waals surface area (Å²) >= 11 is 0. The predicted octanol–water partition coefficient (Wildman–Crippen LogP) is 8.05. The van der Waals surface area contributed by atoms with Crippen molar-refractivity contribution in [3.05, 3.63) is 94.6 Å². The van der Waals surface area contributed by atoms with Crippen LogP contribution in [0.3, 0.4) is 0 Å². The van der Waals surface area contributed by atoms with Gasteiger partial charge in [0.2, 0.25) is 0 Å². The van der Waals surface area contributed by atoms with E-state index >= 15 is 4.39 Å². The summed E-state index contributed by atoms with van der Waals surface area (Å²) in [6, 6.07) is 6.76. The van der Waals surface area contributed by atoms with Gasteiger partial charge in [0.25, 0.3) is 0 Å². The smallest absolute Gasteiger partial charge is 0.186 e. The van der Waals surface area contributed by atoms with E-state index in [1.165, 1.54) is 18.2 Å². The molecule has 4 rings (SSSR count). The van der Waals surface area contributed by atoms with E-state index in [0.29, 0.717) is 6.42 Å². The maximum Gasteiger partial charge on any atom is 0.186 e. The lowest BCUT2D eigenvalue weighted by Gasteiger charge is -2.28. The molecule has 3 aromatic carbocycles. The Morgan fingerprint density at radius 3 is 1.69 bits per heavy atom. The second-order valence-corrected chi connectivity index (χ2v) is 8.55. The Bertz CT molecular complexity index is 1300. The normalized spacial score (nSPS) is 18.2. The van der Waals surface area contributed by atoms with Gasteiger partial charge in [0, 0.05) is 33.7 Å². The number of rotatable bonds is 6. The van der Waals surface area contributed by atoms with Crippen LogP contribution in [0.4, 0.5) is 26.3 Å². The molecule has 0 saturated carbocycles. The average molecular weight is 506 g/mol. The maximum absolute atomic E-state index is 15.0. The van der Waals surface area contributed by atoms with Crippen molar-refractivity contribution in [1.82, 2.24) is 0 Å². The lowest BCUT2D eigenvalue weighted by atomic mass is 9.96. The van der Waals surface area contributed by atoms with Crippen molar-refractivity contribution in [2.24, 2.45) is 5.92 Å². The SMILES string of the molecule is CC=CC1COC(c2ccc(-c3ccc(-c4ccc(CCC)c(F)c4F)c(F)c3F)c(F)c2F)OC1. The summed E-state index contributed by atoms with van der Waals surface area (Å²) in [5, 5.41) is 0. The molecule has 8 heteroatoms. The Labute approximate surface area is 205 Å². The number of hydrogen-bond acceptors (Lipinski definition) is 2. The van der Waals surface area contributed by atoms with E-state index in [0.717, 1.165) is 18.2 Å². The summed E-state index contributed by atoms with van der Waals surface area (Å²) in [5.74, 6) is -8.21. The summed E-state index contributed by atoms with van der Waals surface area (Å²) < 4.78 is 99.8. The van der Waals surface area contributed by atoms with Gasteiger partial charge in [-0.1, -0.05) is 61.9 Å². The maximum atomic E-state index is 15.0. The Hall–Kier alpha value is -3.10. The fourth-order valence-corrected chi connectivity index (χ4v) is 4.26. The molecule has 1 fully saturated rings. The quantitative estimate of drug-likeness (QED) is 0.249. The van der Waals surface area contributed by atoms with Crippen molar-refractivity contribution in [1.29, 1.82) is 0 Å². The standard InChI is InChI=1S/C28H24F6O2/c1-3-5-15-13-35-28(36-14-15)21-12-11-20(26(33)27(21)34)19-10-9-18(24(31)25(19)32)17-8-7-16(6-4-2)22(29)23(17)30/h3,5,7-12,15,28H,4,6,13-14H2,1-2H3. The zero-order chi connectivity index (χ0) is 26.0. The van der Waals surface area contributed by atoms with Gasteiger partial charge < -0.3 is 9.47 Å². The molecule has 0 aliphatic carbocycles. The van der Waals surface area contributed by atoms with Crippen LogP contribution >= 0.6 is 0 Å². The zero-order valence-corrected chi connectivity index (χ0v) is 19.7. The van der Waals surface area contributed by atoms with E-state index in [2.05, 4.69) is 0 Å². The number of benzene rings is 3. The molecule has 36 heavy (non-hydrogen) atoms. The molecule has 2 nitrogen and oxygen atoms in total. The van der Waals surface area contributed by atoms with Gasteiger partial charge >= 0.3 is 0 Å². The van der Waals surface area contributed by atoms with Crippen LogP contribution in [0.1, 0.15) is 37.7 Å². The van der Waals surface area contributed by atoms with Crippen molar-refractivity contribution in [2.45, 2.75) is 33.0 Å². The van der Waals surface area contributed by atoms with Crippen molar-refractivity contribution in [2.75, 3.05) is 13.2 Å². The minimum atomic E-state index is -1.52. The molecule has 1 aliphatic heterocycles. The van der Waals surface area contributed by atoms with Gasteiger partial charge in [-0.05, 0) is 18.9 Å². The fourth-order valence-electron chi connectivity index (χ4n) is 4.26. The third kappa shape index (κ3) is 4.80. The Kier molecular flexibility index (Phi) is 7.85. The van der Waals surface area contributed by atoms with Gasteiger partial charge in [0.05, 0.1) is 13.2 Å². The molecule has 1 heterocycles. The molecule has 1 aliphatic rings. The van der Waals surface area contributed by atoms with E-state index < -0.39 is 63.4 Å². The second-order valence-electron chi connectivity index (χ2n) is 8.55. The zero-order valence-electron chi connectivity index (χ0n) is 19.7. The molecule has 0 radical (unpaired) electrons. The Balaban J connectivity index is 1.67. The summed E-state index contributed by atoms with van der Waals surface area (Å²) in [7, 11) is 0. The summed E-state index contributed by atoms with van der Waals surface area (Å²) in [4.78, 5) is 0. The Morgan fingerprint density at radius 2 is 1.17 bits per heavy atom. The number of ether oxygens (including phenoxy) is 2. The number of hydrogen-bond donors (Lipinski definition) is 0. The minimum Gasteiger partial charge on any atom is -0.348 e. The van der Waals surface area contributed by atoms with Gasteiger partial charge in [-0.2, -0.15) is 0 Å². The van der Waals surface area contributed by atoms with Gasteiger partial charge in [-0.15, -0.1) is 0 Å². The molecule has 190 valence electrons. The molecule has 0 spiro atoms. The highest BCUT2D eigenvalue weighted by molar-refractivity contribution is 5.73. The van der Waals surface area contributed by atoms with E-state index in [4.69, 9.17) is 9.47 Å². The van der Waals surface area contributed by atoms with Gasteiger partial charge in [0.1, 0.15) is 0 Å². The fraction of sp³-hybridized carbons (Fsp3) is 0.286. The predicted molar refractivity (Wildman–Crippen MR) is 124 cm³/mol. The van der Waals surface area contributed by atoms with Crippen LogP contribution in [-0.4, -0.2) is 13.2 Å². The average Bonchev–Trinajstić information content (AvgIpc) is 2.87. The van der Waals surface area contributed by atoms with E-state index in [-0.39, 0.29) is 36.7 Å². The molecule has 1 saturated heterocycles. The van der Waals surface area contributed by atoms with Crippen LogP contribution in [0.15, 0.2) is 48.6 Å². The highest BCUT2D eigenvalue weighted by Crippen LogP contribution is 2.37. The summed E-state index contributed by atoms with van der Waals surface area (Å²) in [6.45, 7) is 4.13. The van der Waals surface area contributed by atoms with Crippen LogP contribution in [-0.2, 0) is 15.9 Å². The van der Waals surface area contributed by atoms with Crippen LogP contribution in [0.5, 0.6) is 0 Å². The molecule has 0 N–H and O–H groups in total. The Morgan fingerprint density at radius 1 is 0.694 bits per heavy atom. The molecule has 0 atom stereocenters. The van der Waals surface area contributed by atoms with Crippen LogP contribution < -0.4 is 0 Å². The highest BCUT2D eigenvalue weighted by atomic mass is 19.2. The third-order valence-corrected chi connectivity index (χ3v) is 6.10. The number of allylic oxidation sites excluding steroid dienone is 1. The molecule has 0 bridgehead atoms. The van der Waals surface area contributed by atoms with Gasteiger partial charge in [-0.3, -0.25) is 0 Å². The lowest BCUT2D eigenvalue weighted by Crippen LogP contribution is -2.26. The molecular formula is C28H24F6O2. The lowest BCUT2D eigenvalue weighted by molar-refractivity contribution is -0.199. The first-order chi connectivity index (χ1) is 17.3. The molecule has 3 aromatic rings. The monoisotopic (exact) mass is 506 g/mol. The summed E-state index contributed by atoms with van der Waals surface area (Å²) in [5.41, 5.74) is -2.20. The first-order valence-corrected chi connectivity index (χ1v) is 11.6. The topological polar surface area (TPSA) is 18.5 Å². The van der Waals surface area contributed by atoms with Crippen molar-refractivity contribution >= 4 is 0 Å². The van der Waals surface area contributed by atoms with Crippen molar-refractivity contribution < 1.29 is 35.8 Å². The molecule has 0 unspecified atom stereocenters. The first kappa shape index (κ1) is 26.0. The summed E-state index contributed by atoms with van der Waals surface area (Å²) in [6.07, 6.45) is 3.42. The largest absolute Gasteiger partial charge is 0.348 e. The number of halogens is 6. The third-order valence-electron chi connectivity index (χ3n) is 6.10. The number of aryl methyl sites for hydroxylation is 1.